The number of hydrogen-bond donors (Lipinski definition) is 1. The number of pyridine rings is 1. The van der Waals surface area contributed by atoms with E-state index in [1.165, 1.54) is 38.0 Å². The van der Waals surface area contributed by atoms with Crippen molar-refractivity contribution in [2.24, 2.45) is 5.73 Å². The van der Waals surface area contributed by atoms with Crippen molar-refractivity contribution >= 4 is 5.69 Å². The molecule has 4 nitrogen and oxygen atoms in total. The topological polar surface area (TPSA) is 45.4 Å². The Labute approximate surface area is 128 Å². The maximum atomic E-state index is 6.05. The molecule has 21 heavy (non-hydrogen) atoms. The van der Waals surface area contributed by atoms with E-state index in [-0.39, 0.29) is 6.04 Å². The van der Waals surface area contributed by atoms with Crippen LogP contribution in [0, 0.1) is 0 Å². The van der Waals surface area contributed by atoms with Crippen molar-refractivity contribution in [1.82, 2.24) is 9.88 Å². The number of hydrogen-bond acceptors (Lipinski definition) is 4. The Bertz CT molecular complexity index is 458. The Morgan fingerprint density at radius 3 is 2.90 bits per heavy atom. The Morgan fingerprint density at radius 1 is 1.33 bits per heavy atom. The molecule has 3 heterocycles. The molecule has 0 aromatic carbocycles. The summed E-state index contributed by atoms with van der Waals surface area (Å²) >= 11 is 0. The van der Waals surface area contributed by atoms with Gasteiger partial charge in [0.25, 0.3) is 0 Å². The predicted molar refractivity (Wildman–Crippen MR) is 87.5 cm³/mol. The quantitative estimate of drug-likeness (QED) is 0.928. The fraction of sp³-hybridized carbons (Fsp3) is 0.706. The van der Waals surface area contributed by atoms with Crippen molar-refractivity contribution in [3.63, 3.8) is 0 Å². The molecule has 2 unspecified atom stereocenters. The minimum absolute atomic E-state index is 0.0617. The summed E-state index contributed by atoms with van der Waals surface area (Å²) in [6, 6.07) is 5.65. The largest absolute Gasteiger partial charge is 0.365 e. The number of rotatable bonds is 3. The minimum atomic E-state index is 0.0617. The lowest BCUT2D eigenvalue weighted by molar-refractivity contribution is 0.115. The molecule has 2 N–H and O–H groups in total. The average Bonchev–Trinajstić information content (AvgIpc) is 2.53. The first-order valence-electron chi connectivity index (χ1n) is 8.41. The summed E-state index contributed by atoms with van der Waals surface area (Å²) < 4.78 is 0. The van der Waals surface area contributed by atoms with Crippen LogP contribution in [0.4, 0.5) is 5.69 Å². The van der Waals surface area contributed by atoms with Crippen molar-refractivity contribution in [3.05, 3.63) is 24.0 Å². The van der Waals surface area contributed by atoms with E-state index in [9.17, 15) is 0 Å². The molecule has 2 aliphatic rings. The van der Waals surface area contributed by atoms with Gasteiger partial charge in [0.05, 0.1) is 17.6 Å². The molecular weight excluding hydrogens is 260 g/mol. The molecule has 3 atom stereocenters. The summed E-state index contributed by atoms with van der Waals surface area (Å²) in [7, 11) is 0. The summed E-state index contributed by atoms with van der Waals surface area (Å²) in [6.45, 7) is 8.04. The van der Waals surface area contributed by atoms with Gasteiger partial charge in [-0.2, -0.15) is 0 Å². The molecule has 2 fully saturated rings. The van der Waals surface area contributed by atoms with Crippen LogP contribution in [0.15, 0.2) is 18.3 Å². The highest BCUT2D eigenvalue weighted by Gasteiger charge is 2.33. The summed E-state index contributed by atoms with van der Waals surface area (Å²) in [5.41, 5.74) is 8.31. The van der Waals surface area contributed by atoms with Crippen LogP contribution in [-0.4, -0.2) is 41.6 Å². The van der Waals surface area contributed by atoms with Gasteiger partial charge in [-0.1, -0.05) is 13.3 Å². The number of anilines is 1. The first-order valence-corrected chi connectivity index (χ1v) is 8.41. The predicted octanol–water partition coefficient (Wildman–Crippen LogP) is 2.55. The molecule has 1 aromatic rings. The van der Waals surface area contributed by atoms with Gasteiger partial charge in [-0.3, -0.25) is 9.88 Å². The van der Waals surface area contributed by atoms with Crippen LogP contribution in [0.25, 0.3) is 0 Å². The Kier molecular flexibility index (Phi) is 4.45. The number of piperidine rings is 1. The Morgan fingerprint density at radius 2 is 2.19 bits per heavy atom. The molecule has 0 aliphatic carbocycles. The third kappa shape index (κ3) is 3.06. The summed E-state index contributed by atoms with van der Waals surface area (Å²) in [5, 5.41) is 0. The molecule has 116 valence electrons. The molecule has 4 heteroatoms. The maximum Gasteiger partial charge on any atom is 0.0572 e. The van der Waals surface area contributed by atoms with Crippen LogP contribution in [0.3, 0.4) is 0 Å². The average molecular weight is 288 g/mol. The van der Waals surface area contributed by atoms with E-state index in [1.807, 2.05) is 6.20 Å². The standard InChI is InChI=1S/C17H28N4/c1-3-16(18)17-8-7-14(10-19-17)21-12-15-6-4-5-9-20(15)11-13(21)2/h7-8,10,13,15-16H,3-6,9,11-12,18H2,1-2H3/t13?,15?,16-/m0/s1. The van der Waals surface area contributed by atoms with Crippen molar-refractivity contribution in [2.75, 3.05) is 24.5 Å². The number of aromatic nitrogens is 1. The monoisotopic (exact) mass is 288 g/mol. The number of nitrogens with two attached hydrogens (primary N) is 1. The van der Waals surface area contributed by atoms with E-state index in [2.05, 4.69) is 40.8 Å². The van der Waals surface area contributed by atoms with Gasteiger partial charge in [0.2, 0.25) is 0 Å². The van der Waals surface area contributed by atoms with Crippen molar-refractivity contribution in [2.45, 2.75) is 57.7 Å². The lowest BCUT2D eigenvalue weighted by Crippen LogP contribution is -2.58. The van der Waals surface area contributed by atoms with Crippen LogP contribution in [0.5, 0.6) is 0 Å². The van der Waals surface area contributed by atoms with E-state index in [0.717, 1.165) is 24.7 Å². The van der Waals surface area contributed by atoms with Crippen LogP contribution in [0.2, 0.25) is 0 Å². The van der Waals surface area contributed by atoms with E-state index in [1.54, 1.807) is 0 Å². The first kappa shape index (κ1) is 14.8. The second kappa shape index (κ2) is 6.32. The fourth-order valence-corrected chi connectivity index (χ4v) is 3.71. The molecule has 0 amide bonds. The minimum Gasteiger partial charge on any atom is -0.365 e. The number of piperazine rings is 1. The molecule has 0 radical (unpaired) electrons. The summed E-state index contributed by atoms with van der Waals surface area (Å²) in [5.74, 6) is 0. The van der Waals surface area contributed by atoms with Crippen LogP contribution < -0.4 is 10.6 Å². The highest BCUT2D eigenvalue weighted by atomic mass is 15.3. The van der Waals surface area contributed by atoms with E-state index >= 15 is 0 Å². The first-order chi connectivity index (χ1) is 10.2. The van der Waals surface area contributed by atoms with Gasteiger partial charge < -0.3 is 10.6 Å². The molecule has 0 saturated carbocycles. The molecule has 1 aromatic heterocycles. The van der Waals surface area contributed by atoms with Crippen LogP contribution in [0.1, 0.15) is 51.3 Å². The lowest BCUT2D eigenvalue weighted by atomic mass is 9.97. The lowest BCUT2D eigenvalue weighted by Gasteiger charge is -2.48. The zero-order valence-electron chi connectivity index (χ0n) is 13.3. The summed E-state index contributed by atoms with van der Waals surface area (Å²) in [4.78, 5) is 9.79. The Balaban J connectivity index is 1.73. The van der Waals surface area contributed by atoms with Gasteiger partial charge in [0.1, 0.15) is 0 Å². The van der Waals surface area contributed by atoms with Crippen molar-refractivity contribution in [3.8, 4) is 0 Å². The van der Waals surface area contributed by atoms with Crippen LogP contribution >= 0.6 is 0 Å². The molecule has 2 saturated heterocycles. The van der Waals surface area contributed by atoms with E-state index in [0.29, 0.717) is 6.04 Å². The molecular formula is C17H28N4. The van der Waals surface area contributed by atoms with Crippen molar-refractivity contribution in [1.29, 1.82) is 0 Å². The highest BCUT2D eigenvalue weighted by molar-refractivity contribution is 5.47. The van der Waals surface area contributed by atoms with Gasteiger partial charge in [0, 0.05) is 31.2 Å². The number of nitrogens with zero attached hydrogens (tertiary/aromatic N) is 3. The smallest absolute Gasteiger partial charge is 0.0572 e. The third-order valence-corrected chi connectivity index (χ3v) is 5.11. The van der Waals surface area contributed by atoms with Gasteiger partial charge in [0.15, 0.2) is 0 Å². The Hall–Kier alpha value is -1.13. The fourth-order valence-electron chi connectivity index (χ4n) is 3.71. The highest BCUT2D eigenvalue weighted by Crippen LogP contribution is 2.28. The van der Waals surface area contributed by atoms with Gasteiger partial charge >= 0.3 is 0 Å². The van der Waals surface area contributed by atoms with Gasteiger partial charge in [-0.05, 0) is 44.9 Å². The van der Waals surface area contributed by atoms with Gasteiger partial charge in [-0.25, -0.2) is 0 Å². The molecule has 3 rings (SSSR count). The van der Waals surface area contributed by atoms with Gasteiger partial charge in [-0.15, -0.1) is 0 Å². The zero-order chi connectivity index (χ0) is 14.8. The third-order valence-electron chi connectivity index (χ3n) is 5.11. The number of fused-ring (bicyclic) bond motifs is 1. The summed E-state index contributed by atoms with van der Waals surface area (Å²) in [6.07, 6.45) is 7.04. The van der Waals surface area contributed by atoms with Crippen LogP contribution in [-0.2, 0) is 0 Å². The molecule has 2 aliphatic heterocycles. The SMILES string of the molecule is CC[C@H](N)c1ccc(N2CC3CCCCN3CC2C)cn1. The molecule has 0 bridgehead atoms. The maximum absolute atomic E-state index is 6.05. The van der Waals surface area contributed by atoms with Crippen molar-refractivity contribution < 1.29 is 0 Å². The second-order valence-corrected chi connectivity index (χ2v) is 6.60. The van der Waals surface area contributed by atoms with E-state index in [4.69, 9.17) is 5.73 Å². The normalized spacial score (nSPS) is 28.2. The zero-order valence-corrected chi connectivity index (χ0v) is 13.3. The van der Waals surface area contributed by atoms with E-state index < -0.39 is 0 Å². The molecule has 0 spiro atoms. The second-order valence-electron chi connectivity index (χ2n) is 6.60.